The first-order valence-electron chi connectivity index (χ1n) is 8.14. The molecule has 0 aromatic heterocycles. The highest BCUT2D eigenvalue weighted by molar-refractivity contribution is 5.79. The summed E-state index contributed by atoms with van der Waals surface area (Å²) < 4.78 is 0. The van der Waals surface area contributed by atoms with E-state index in [9.17, 15) is 4.79 Å². The van der Waals surface area contributed by atoms with Gasteiger partial charge in [0.25, 0.3) is 0 Å². The fourth-order valence-corrected chi connectivity index (χ4v) is 2.66. The molecule has 0 atom stereocenters. The number of carbonyl (C=O) groups is 1. The van der Waals surface area contributed by atoms with E-state index in [1.807, 2.05) is 29.2 Å². The van der Waals surface area contributed by atoms with Gasteiger partial charge in [-0.2, -0.15) is 0 Å². The Hall–Kier alpha value is -1.51. The molecule has 1 rings (SSSR count). The summed E-state index contributed by atoms with van der Waals surface area (Å²) in [5, 5.41) is 0. The van der Waals surface area contributed by atoms with E-state index in [-0.39, 0.29) is 12.0 Å². The molecule has 0 radical (unpaired) electrons. The van der Waals surface area contributed by atoms with Gasteiger partial charge in [0.05, 0.1) is 0 Å². The molecule has 0 fully saturated rings. The number of nitrogen functional groups attached to an aromatic ring is 1. The smallest absolute Gasteiger partial charge is 0.226 e. The van der Waals surface area contributed by atoms with Gasteiger partial charge in [-0.1, -0.05) is 38.8 Å². The third-order valence-corrected chi connectivity index (χ3v) is 3.86. The summed E-state index contributed by atoms with van der Waals surface area (Å²) in [6.45, 7) is 9.14. The van der Waals surface area contributed by atoms with E-state index in [1.54, 1.807) is 0 Å². The minimum absolute atomic E-state index is 0.163. The zero-order valence-corrected chi connectivity index (χ0v) is 13.9. The lowest BCUT2D eigenvalue weighted by molar-refractivity contribution is -0.138. The number of carbonyl (C=O) groups excluding carboxylic acids is 1. The summed E-state index contributed by atoms with van der Waals surface area (Å²) >= 11 is 0. The van der Waals surface area contributed by atoms with Crippen LogP contribution >= 0.6 is 0 Å². The Bertz CT molecular complexity index is 419. The molecule has 3 heteroatoms. The number of amides is 1. The van der Waals surface area contributed by atoms with Crippen LogP contribution < -0.4 is 5.73 Å². The molecule has 0 bridgehead atoms. The normalized spacial score (nSPS) is 11.1. The molecule has 0 spiro atoms. The van der Waals surface area contributed by atoms with Crippen LogP contribution in [-0.4, -0.2) is 16.8 Å². The topological polar surface area (TPSA) is 46.3 Å². The van der Waals surface area contributed by atoms with Crippen LogP contribution in [0.3, 0.4) is 0 Å². The molecule has 0 saturated heterocycles. The van der Waals surface area contributed by atoms with E-state index in [4.69, 9.17) is 5.73 Å². The molecule has 0 saturated carbocycles. The highest BCUT2D eigenvalue weighted by Gasteiger charge is 2.24. The Morgan fingerprint density at radius 1 is 1.10 bits per heavy atom. The molecule has 0 aliphatic rings. The predicted octanol–water partition coefficient (Wildman–Crippen LogP) is 4.22. The van der Waals surface area contributed by atoms with Crippen molar-refractivity contribution in [3.8, 4) is 0 Å². The Morgan fingerprint density at radius 2 is 1.62 bits per heavy atom. The van der Waals surface area contributed by atoms with Crippen LogP contribution in [0.5, 0.6) is 0 Å². The van der Waals surface area contributed by atoms with Crippen LogP contribution in [-0.2, 0) is 11.3 Å². The van der Waals surface area contributed by atoms with Crippen LogP contribution in [0.15, 0.2) is 24.3 Å². The largest absolute Gasteiger partial charge is 0.399 e. The molecule has 1 aromatic carbocycles. The minimum Gasteiger partial charge on any atom is -0.399 e. The van der Waals surface area contributed by atoms with Gasteiger partial charge in [0.2, 0.25) is 5.91 Å². The Balaban J connectivity index is 2.84. The summed E-state index contributed by atoms with van der Waals surface area (Å²) in [4.78, 5) is 14.8. The lowest BCUT2D eigenvalue weighted by atomic mass is 9.96. The average molecular weight is 290 g/mol. The van der Waals surface area contributed by atoms with Crippen LogP contribution in [0.25, 0.3) is 0 Å². The second-order valence-corrected chi connectivity index (χ2v) is 6.08. The highest BCUT2D eigenvalue weighted by atomic mass is 16.2. The van der Waals surface area contributed by atoms with Gasteiger partial charge < -0.3 is 10.6 Å². The van der Waals surface area contributed by atoms with Crippen LogP contribution in [0.4, 0.5) is 5.69 Å². The third-order valence-electron chi connectivity index (χ3n) is 3.86. The number of hydrogen-bond donors (Lipinski definition) is 1. The SMILES string of the molecule is CCCC(CCC)C(=O)N(Cc1ccc(N)cc1)C(C)C. The standard InChI is InChI=1S/C18H30N2O/c1-5-7-16(8-6-2)18(21)20(14(3)4)13-15-9-11-17(19)12-10-15/h9-12,14,16H,5-8,13,19H2,1-4H3. The van der Waals surface area contributed by atoms with E-state index in [1.165, 1.54) is 0 Å². The number of rotatable bonds is 8. The van der Waals surface area contributed by atoms with Crippen molar-refractivity contribution in [2.75, 3.05) is 5.73 Å². The van der Waals surface area contributed by atoms with Crippen molar-refractivity contribution < 1.29 is 4.79 Å². The third kappa shape index (κ3) is 5.41. The molecule has 1 aromatic rings. The van der Waals surface area contributed by atoms with Crippen LogP contribution in [0.1, 0.15) is 58.9 Å². The van der Waals surface area contributed by atoms with Crippen molar-refractivity contribution in [3.63, 3.8) is 0 Å². The maximum Gasteiger partial charge on any atom is 0.226 e. The number of benzene rings is 1. The molecule has 2 N–H and O–H groups in total. The second kappa shape index (κ2) is 8.71. The molecule has 0 aliphatic heterocycles. The van der Waals surface area contributed by atoms with Gasteiger partial charge in [0.1, 0.15) is 0 Å². The summed E-state index contributed by atoms with van der Waals surface area (Å²) in [5.41, 5.74) is 7.62. The van der Waals surface area contributed by atoms with E-state index < -0.39 is 0 Å². The maximum atomic E-state index is 12.8. The Labute approximate surface area is 129 Å². The fourth-order valence-electron chi connectivity index (χ4n) is 2.66. The van der Waals surface area contributed by atoms with Crippen LogP contribution in [0.2, 0.25) is 0 Å². The Kier molecular flexibility index (Phi) is 7.27. The number of anilines is 1. The van der Waals surface area contributed by atoms with E-state index in [0.29, 0.717) is 12.5 Å². The summed E-state index contributed by atoms with van der Waals surface area (Å²) in [7, 11) is 0. The van der Waals surface area contributed by atoms with Crippen molar-refractivity contribution >= 4 is 11.6 Å². The summed E-state index contributed by atoms with van der Waals surface area (Å²) in [6, 6.07) is 8.02. The van der Waals surface area contributed by atoms with Crippen molar-refractivity contribution in [2.24, 2.45) is 5.92 Å². The van der Waals surface area contributed by atoms with Gasteiger partial charge in [-0.15, -0.1) is 0 Å². The Morgan fingerprint density at radius 3 is 2.05 bits per heavy atom. The van der Waals surface area contributed by atoms with Gasteiger partial charge in [-0.3, -0.25) is 4.79 Å². The summed E-state index contributed by atoms with van der Waals surface area (Å²) in [5.74, 6) is 0.460. The molecule has 0 aliphatic carbocycles. The highest BCUT2D eigenvalue weighted by Crippen LogP contribution is 2.20. The van der Waals surface area contributed by atoms with Crippen molar-refractivity contribution in [3.05, 3.63) is 29.8 Å². The van der Waals surface area contributed by atoms with Gasteiger partial charge in [0.15, 0.2) is 0 Å². The zero-order chi connectivity index (χ0) is 15.8. The number of nitrogens with two attached hydrogens (primary N) is 1. The molecule has 1 amide bonds. The quantitative estimate of drug-likeness (QED) is 0.729. The first kappa shape index (κ1) is 17.5. The number of nitrogens with zero attached hydrogens (tertiary/aromatic N) is 1. The zero-order valence-electron chi connectivity index (χ0n) is 13.9. The van der Waals surface area contributed by atoms with E-state index in [2.05, 4.69) is 27.7 Å². The first-order chi connectivity index (χ1) is 9.99. The molecule has 118 valence electrons. The monoisotopic (exact) mass is 290 g/mol. The molecular weight excluding hydrogens is 260 g/mol. The number of hydrogen-bond acceptors (Lipinski definition) is 2. The van der Waals surface area contributed by atoms with Gasteiger partial charge in [-0.05, 0) is 44.4 Å². The molecular formula is C18H30N2O. The molecule has 21 heavy (non-hydrogen) atoms. The maximum absolute atomic E-state index is 12.8. The van der Waals surface area contributed by atoms with Gasteiger partial charge in [0, 0.05) is 24.2 Å². The molecule has 3 nitrogen and oxygen atoms in total. The minimum atomic E-state index is 0.163. The van der Waals surface area contributed by atoms with Crippen molar-refractivity contribution in [2.45, 2.75) is 66.0 Å². The van der Waals surface area contributed by atoms with Crippen LogP contribution in [0, 0.1) is 5.92 Å². The first-order valence-corrected chi connectivity index (χ1v) is 8.14. The lowest BCUT2D eigenvalue weighted by Gasteiger charge is -2.31. The fraction of sp³-hybridized carbons (Fsp3) is 0.611. The molecule has 0 unspecified atom stereocenters. The van der Waals surface area contributed by atoms with Crippen molar-refractivity contribution in [1.82, 2.24) is 4.90 Å². The molecule has 0 heterocycles. The predicted molar refractivity (Wildman–Crippen MR) is 89.8 cm³/mol. The van der Waals surface area contributed by atoms with Crippen molar-refractivity contribution in [1.29, 1.82) is 0 Å². The average Bonchev–Trinajstić information content (AvgIpc) is 2.45. The van der Waals surface area contributed by atoms with Gasteiger partial charge in [-0.25, -0.2) is 0 Å². The lowest BCUT2D eigenvalue weighted by Crippen LogP contribution is -2.40. The van der Waals surface area contributed by atoms with E-state index in [0.717, 1.165) is 36.9 Å². The second-order valence-electron chi connectivity index (χ2n) is 6.08. The summed E-state index contributed by atoms with van der Waals surface area (Å²) in [6.07, 6.45) is 4.09. The van der Waals surface area contributed by atoms with Gasteiger partial charge >= 0.3 is 0 Å². The van der Waals surface area contributed by atoms with E-state index >= 15 is 0 Å².